The zero-order valence-corrected chi connectivity index (χ0v) is 17.6. The third-order valence-electron chi connectivity index (χ3n) is 5.48. The zero-order valence-electron chi connectivity index (χ0n) is 17.6. The molecule has 0 spiro atoms. The maximum absolute atomic E-state index is 12.7. The van der Waals surface area contributed by atoms with Crippen molar-refractivity contribution >= 4 is 23.2 Å². The fourth-order valence-electron chi connectivity index (χ4n) is 3.90. The Morgan fingerprint density at radius 1 is 1.07 bits per heavy atom. The number of hydrogen-bond acceptors (Lipinski definition) is 3. The maximum atomic E-state index is 12.7. The topological polar surface area (TPSA) is 61.4 Å². The molecule has 2 N–H and O–H groups in total. The summed E-state index contributed by atoms with van der Waals surface area (Å²) >= 11 is 0. The van der Waals surface area contributed by atoms with E-state index >= 15 is 0 Å². The molecule has 2 amide bonds. The van der Waals surface area contributed by atoms with Crippen molar-refractivity contribution in [3.05, 3.63) is 59.7 Å². The predicted octanol–water partition coefficient (Wildman–Crippen LogP) is 4.41. The van der Waals surface area contributed by atoms with Crippen molar-refractivity contribution in [2.75, 3.05) is 30.3 Å². The number of carbonyl (C=O) groups is 2. The van der Waals surface area contributed by atoms with Crippen molar-refractivity contribution in [1.29, 1.82) is 0 Å². The monoisotopic (exact) mass is 393 g/mol. The molecule has 0 aromatic heterocycles. The third-order valence-corrected chi connectivity index (χ3v) is 5.48. The Balaban J connectivity index is 1.58. The van der Waals surface area contributed by atoms with Gasteiger partial charge < -0.3 is 10.6 Å². The van der Waals surface area contributed by atoms with Gasteiger partial charge in [0.2, 0.25) is 11.8 Å². The number of aryl methyl sites for hydroxylation is 1. The molecule has 3 rings (SSSR count). The molecule has 2 aromatic carbocycles. The molecule has 1 heterocycles. The first kappa shape index (κ1) is 21.1. The summed E-state index contributed by atoms with van der Waals surface area (Å²) < 4.78 is 0. The highest BCUT2D eigenvalue weighted by atomic mass is 16.2. The Hall–Kier alpha value is -2.66. The van der Waals surface area contributed by atoms with E-state index in [9.17, 15) is 9.59 Å². The van der Waals surface area contributed by atoms with Gasteiger partial charge in [-0.1, -0.05) is 50.2 Å². The molecule has 154 valence electrons. The van der Waals surface area contributed by atoms with Crippen LogP contribution in [0.1, 0.15) is 43.7 Å². The van der Waals surface area contributed by atoms with Gasteiger partial charge >= 0.3 is 0 Å². The van der Waals surface area contributed by atoms with Gasteiger partial charge in [-0.3, -0.25) is 14.5 Å². The second-order valence-electron chi connectivity index (χ2n) is 8.17. The Morgan fingerprint density at radius 2 is 1.83 bits per heavy atom. The molecule has 0 bridgehead atoms. The predicted molar refractivity (Wildman–Crippen MR) is 118 cm³/mol. The first-order valence-corrected chi connectivity index (χ1v) is 10.4. The Kier molecular flexibility index (Phi) is 7.04. The lowest BCUT2D eigenvalue weighted by Gasteiger charge is -2.31. The van der Waals surface area contributed by atoms with E-state index in [2.05, 4.69) is 35.4 Å². The van der Waals surface area contributed by atoms with E-state index in [1.807, 2.05) is 49.4 Å². The van der Waals surface area contributed by atoms with E-state index < -0.39 is 0 Å². The molecular formula is C24H31N3O2. The number of carbonyl (C=O) groups excluding carboxylic acids is 2. The van der Waals surface area contributed by atoms with Gasteiger partial charge in [-0.05, 0) is 55.5 Å². The van der Waals surface area contributed by atoms with Crippen molar-refractivity contribution in [1.82, 2.24) is 4.90 Å². The molecule has 1 saturated heterocycles. The number of benzene rings is 2. The highest BCUT2D eigenvalue weighted by Gasteiger charge is 2.27. The smallest absolute Gasteiger partial charge is 0.238 e. The van der Waals surface area contributed by atoms with Gasteiger partial charge in [0.1, 0.15) is 0 Å². The number of anilines is 2. The number of amides is 2. The molecule has 5 nitrogen and oxygen atoms in total. The number of rotatable bonds is 6. The fourth-order valence-corrected chi connectivity index (χ4v) is 3.90. The molecule has 0 radical (unpaired) electrons. The molecule has 1 fully saturated rings. The minimum Gasteiger partial charge on any atom is -0.326 e. The molecular weight excluding hydrogens is 362 g/mol. The lowest BCUT2D eigenvalue weighted by atomic mass is 9.96. The largest absolute Gasteiger partial charge is 0.326 e. The van der Waals surface area contributed by atoms with E-state index in [1.54, 1.807) is 0 Å². The van der Waals surface area contributed by atoms with Crippen LogP contribution < -0.4 is 10.6 Å². The first-order chi connectivity index (χ1) is 13.9. The number of piperidine rings is 1. The van der Waals surface area contributed by atoms with Crippen molar-refractivity contribution < 1.29 is 9.59 Å². The summed E-state index contributed by atoms with van der Waals surface area (Å²) in [6.45, 7) is 8.04. The number of nitrogens with one attached hydrogen (secondary N) is 2. The standard InChI is InChI=1S/C24H31N3O2/c1-17(2)21-13-7-9-18(3)23(21)26-22(28)16-27-14-8-10-19(15-27)24(29)25-20-11-5-4-6-12-20/h4-7,9,11-13,17,19H,8,10,14-16H2,1-3H3,(H,25,29)(H,26,28)/t19-/m0/s1. The SMILES string of the molecule is Cc1cccc(C(C)C)c1NC(=O)CN1CCC[C@H](C(=O)Nc2ccccc2)C1. The van der Waals surface area contributed by atoms with E-state index in [0.29, 0.717) is 19.0 Å². The average Bonchev–Trinajstić information content (AvgIpc) is 2.70. The van der Waals surface area contributed by atoms with Crippen LogP contribution in [0.2, 0.25) is 0 Å². The van der Waals surface area contributed by atoms with Gasteiger partial charge in [0.25, 0.3) is 0 Å². The van der Waals surface area contributed by atoms with Crippen molar-refractivity contribution in [2.24, 2.45) is 5.92 Å². The molecule has 1 aliphatic rings. The van der Waals surface area contributed by atoms with Crippen LogP contribution in [0.3, 0.4) is 0 Å². The van der Waals surface area contributed by atoms with Gasteiger partial charge in [0.15, 0.2) is 0 Å². The highest BCUT2D eigenvalue weighted by molar-refractivity contribution is 5.94. The average molecular weight is 394 g/mol. The Bertz CT molecular complexity index is 848. The maximum Gasteiger partial charge on any atom is 0.238 e. The number of nitrogens with zero attached hydrogens (tertiary/aromatic N) is 1. The van der Waals surface area contributed by atoms with Crippen LogP contribution in [0, 0.1) is 12.8 Å². The van der Waals surface area contributed by atoms with Crippen LogP contribution in [-0.2, 0) is 9.59 Å². The first-order valence-electron chi connectivity index (χ1n) is 10.4. The van der Waals surface area contributed by atoms with E-state index in [-0.39, 0.29) is 17.7 Å². The molecule has 29 heavy (non-hydrogen) atoms. The van der Waals surface area contributed by atoms with Crippen LogP contribution in [0.4, 0.5) is 11.4 Å². The van der Waals surface area contributed by atoms with Gasteiger partial charge in [-0.2, -0.15) is 0 Å². The van der Waals surface area contributed by atoms with Gasteiger partial charge in [-0.25, -0.2) is 0 Å². The summed E-state index contributed by atoms with van der Waals surface area (Å²) in [5, 5.41) is 6.10. The molecule has 0 unspecified atom stereocenters. The second-order valence-corrected chi connectivity index (χ2v) is 8.17. The van der Waals surface area contributed by atoms with Crippen LogP contribution >= 0.6 is 0 Å². The van der Waals surface area contributed by atoms with Crippen LogP contribution in [0.25, 0.3) is 0 Å². The van der Waals surface area contributed by atoms with E-state index in [0.717, 1.165) is 41.9 Å². The molecule has 1 aliphatic heterocycles. The Morgan fingerprint density at radius 3 is 2.55 bits per heavy atom. The highest BCUT2D eigenvalue weighted by Crippen LogP contribution is 2.27. The number of para-hydroxylation sites is 2. The summed E-state index contributed by atoms with van der Waals surface area (Å²) in [6.07, 6.45) is 1.77. The van der Waals surface area contributed by atoms with Crippen molar-refractivity contribution in [2.45, 2.75) is 39.5 Å². The van der Waals surface area contributed by atoms with Crippen LogP contribution in [0.5, 0.6) is 0 Å². The molecule has 5 heteroatoms. The molecule has 0 saturated carbocycles. The minimum atomic E-state index is -0.0959. The summed E-state index contributed by atoms with van der Waals surface area (Å²) in [5.41, 5.74) is 3.96. The lowest BCUT2D eigenvalue weighted by Crippen LogP contribution is -2.44. The fraction of sp³-hybridized carbons (Fsp3) is 0.417. The van der Waals surface area contributed by atoms with Gasteiger partial charge in [0.05, 0.1) is 12.5 Å². The van der Waals surface area contributed by atoms with E-state index in [1.165, 1.54) is 0 Å². The summed E-state index contributed by atoms with van der Waals surface area (Å²) in [7, 11) is 0. The quantitative estimate of drug-likeness (QED) is 0.764. The summed E-state index contributed by atoms with van der Waals surface area (Å²) in [6, 6.07) is 15.6. The summed E-state index contributed by atoms with van der Waals surface area (Å²) in [5.74, 6) is 0.250. The van der Waals surface area contributed by atoms with Crippen LogP contribution in [-0.4, -0.2) is 36.3 Å². The molecule has 2 aromatic rings. The van der Waals surface area contributed by atoms with Gasteiger partial charge in [0, 0.05) is 17.9 Å². The third kappa shape index (κ3) is 5.67. The van der Waals surface area contributed by atoms with E-state index in [4.69, 9.17) is 0 Å². The van der Waals surface area contributed by atoms with Crippen molar-refractivity contribution in [3.63, 3.8) is 0 Å². The number of likely N-dealkylation sites (tertiary alicyclic amines) is 1. The number of hydrogen-bond donors (Lipinski definition) is 2. The second kappa shape index (κ2) is 9.70. The molecule has 0 aliphatic carbocycles. The molecule has 1 atom stereocenters. The minimum absolute atomic E-state index is 0.0229. The van der Waals surface area contributed by atoms with Gasteiger partial charge in [-0.15, -0.1) is 0 Å². The Labute approximate surface area is 173 Å². The summed E-state index contributed by atoms with van der Waals surface area (Å²) in [4.78, 5) is 27.4. The lowest BCUT2D eigenvalue weighted by molar-refractivity contribution is -0.123. The normalized spacial score (nSPS) is 17.2. The van der Waals surface area contributed by atoms with Crippen molar-refractivity contribution in [3.8, 4) is 0 Å². The van der Waals surface area contributed by atoms with Crippen LogP contribution in [0.15, 0.2) is 48.5 Å². The zero-order chi connectivity index (χ0) is 20.8.